The lowest BCUT2D eigenvalue weighted by molar-refractivity contribution is 0.523. The fourth-order valence-corrected chi connectivity index (χ4v) is 1.28. The highest BCUT2D eigenvalue weighted by molar-refractivity contribution is 9.24. The van der Waals surface area contributed by atoms with Crippen molar-refractivity contribution in [1.29, 1.82) is 0 Å². The molecule has 3 heteroatoms. The maximum atomic E-state index is 3.40. The molecule has 48 valence electrons. The quantitative estimate of drug-likeness (QED) is 0.604. The largest absolute Gasteiger partial charge is 0.342 e. The predicted octanol–water partition coefficient (Wildman–Crippen LogP) is 1.89. The molecule has 8 heavy (non-hydrogen) atoms. The van der Waals surface area contributed by atoms with Crippen molar-refractivity contribution in [1.82, 2.24) is 5.23 Å². The fourth-order valence-electron chi connectivity index (χ4n) is 0.597. The molecule has 0 fully saturated rings. The Balaban J connectivity index is 3.39. The van der Waals surface area contributed by atoms with Gasteiger partial charge < -0.3 is 5.23 Å². The summed E-state index contributed by atoms with van der Waals surface area (Å²) in [5, 5.41) is 3.30. The van der Waals surface area contributed by atoms with Crippen LogP contribution in [0, 0.1) is 0 Å². The number of hydrogen-bond acceptors (Lipinski definition) is 1. The summed E-state index contributed by atoms with van der Waals surface area (Å²) in [5.74, 6) is 0. The van der Waals surface area contributed by atoms with Crippen molar-refractivity contribution < 1.29 is 0 Å². The van der Waals surface area contributed by atoms with E-state index in [1.165, 1.54) is 0 Å². The van der Waals surface area contributed by atoms with Crippen molar-refractivity contribution >= 4 is 21.4 Å². The Morgan fingerprint density at radius 1 is 1.38 bits per heavy atom. The van der Waals surface area contributed by atoms with Crippen LogP contribution in [0.4, 0.5) is 0 Å². The Labute approximate surface area is 60.3 Å². The molecule has 0 aliphatic carbocycles. The smallest absolute Gasteiger partial charge is 0.297 e. The molecule has 0 aromatic rings. The van der Waals surface area contributed by atoms with Crippen LogP contribution in [-0.2, 0) is 0 Å². The Hall–Kier alpha value is 0.505. The SMILES string of the molecule is CB(Br)NC(C)(C)C. The Bertz CT molecular complexity index is 67.3. The topological polar surface area (TPSA) is 12.0 Å². The Morgan fingerprint density at radius 2 is 1.75 bits per heavy atom. The van der Waals surface area contributed by atoms with Crippen molar-refractivity contribution in [2.24, 2.45) is 0 Å². The molecule has 0 aliphatic rings. The van der Waals surface area contributed by atoms with Gasteiger partial charge in [-0.3, -0.25) is 0 Å². The number of hydrogen-bond donors (Lipinski definition) is 1. The first-order valence-electron chi connectivity index (χ1n) is 2.83. The van der Waals surface area contributed by atoms with Gasteiger partial charge in [0, 0.05) is 5.54 Å². The molecule has 0 radical (unpaired) electrons. The van der Waals surface area contributed by atoms with Gasteiger partial charge in [-0.1, -0.05) is 6.82 Å². The zero-order chi connectivity index (χ0) is 6.78. The minimum absolute atomic E-state index is 0.225. The lowest BCUT2D eigenvalue weighted by Gasteiger charge is -2.21. The third kappa shape index (κ3) is 6.50. The molecule has 0 aromatic heterocycles. The third-order valence-corrected chi connectivity index (χ3v) is 0.861. The van der Waals surface area contributed by atoms with E-state index in [4.69, 9.17) is 0 Å². The summed E-state index contributed by atoms with van der Waals surface area (Å²) < 4.78 is 0. The van der Waals surface area contributed by atoms with Crippen molar-refractivity contribution in [3.8, 4) is 0 Å². The molecule has 0 rings (SSSR count). The standard InChI is InChI=1S/C5H13BBrN/c1-5(2,3)8-6(4)7/h8H,1-4H3. The lowest BCUT2D eigenvalue weighted by Crippen LogP contribution is -2.41. The molecule has 0 unspecified atom stereocenters. The van der Waals surface area contributed by atoms with Crippen LogP contribution in [0.3, 0.4) is 0 Å². The summed E-state index contributed by atoms with van der Waals surface area (Å²) in [6.45, 7) is 8.51. The van der Waals surface area contributed by atoms with Crippen LogP contribution >= 0.6 is 15.8 Å². The van der Waals surface area contributed by atoms with Crippen LogP contribution < -0.4 is 5.23 Å². The minimum Gasteiger partial charge on any atom is -0.342 e. The van der Waals surface area contributed by atoms with E-state index >= 15 is 0 Å². The van der Waals surface area contributed by atoms with Gasteiger partial charge >= 0.3 is 0 Å². The molecule has 0 aromatic carbocycles. The van der Waals surface area contributed by atoms with E-state index in [0.29, 0.717) is 5.67 Å². The van der Waals surface area contributed by atoms with Crippen molar-refractivity contribution in [2.45, 2.75) is 33.1 Å². The molecule has 1 N–H and O–H groups in total. The second kappa shape index (κ2) is 2.88. The highest BCUT2D eigenvalue weighted by Gasteiger charge is 2.12. The molecule has 0 saturated heterocycles. The Kier molecular flexibility index (Phi) is 3.06. The average molecular weight is 178 g/mol. The van der Waals surface area contributed by atoms with E-state index in [1.807, 2.05) is 0 Å². The first-order chi connectivity index (χ1) is 3.42. The average Bonchev–Trinajstić information content (AvgIpc) is 1.21. The Morgan fingerprint density at radius 3 is 1.75 bits per heavy atom. The molecule has 0 aliphatic heterocycles. The maximum absolute atomic E-state index is 3.40. The van der Waals surface area contributed by atoms with Crippen LogP contribution in [0.25, 0.3) is 0 Å². The molecule has 0 heterocycles. The fraction of sp³-hybridized carbons (Fsp3) is 1.00. The van der Waals surface area contributed by atoms with E-state index in [0.717, 1.165) is 0 Å². The molecule has 0 spiro atoms. The van der Waals surface area contributed by atoms with Gasteiger partial charge in [0.2, 0.25) is 0 Å². The van der Waals surface area contributed by atoms with Crippen molar-refractivity contribution in [3.05, 3.63) is 0 Å². The molecular formula is C5H13BBrN. The van der Waals surface area contributed by atoms with Crippen LogP contribution in [0.1, 0.15) is 20.8 Å². The summed E-state index contributed by atoms with van der Waals surface area (Å²) in [6.07, 6.45) is 0. The number of nitrogens with one attached hydrogen (secondary N) is 1. The molecular weight excluding hydrogens is 165 g/mol. The lowest BCUT2D eigenvalue weighted by atomic mass is 9.93. The first kappa shape index (κ1) is 8.50. The van der Waals surface area contributed by atoms with Crippen molar-refractivity contribution in [3.63, 3.8) is 0 Å². The van der Waals surface area contributed by atoms with Gasteiger partial charge in [0.1, 0.15) is 0 Å². The molecule has 0 saturated carbocycles. The summed E-state index contributed by atoms with van der Waals surface area (Å²) >= 11 is 3.40. The van der Waals surface area contributed by atoms with E-state index in [9.17, 15) is 0 Å². The minimum atomic E-state index is 0.225. The molecule has 0 amide bonds. The first-order valence-corrected chi connectivity index (χ1v) is 3.75. The van der Waals surface area contributed by atoms with Crippen LogP contribution in [0.5, 0.6) is 0 Å². The van der Waals surface area contributed by atoms with Gasteiger partial charge in [-0.2, -0.15) is 0 Å². The maximum Gasteiger partial charge on any atom is 0.297 e. The summed E-state index contributed by atoms with van der Waals surface area (Å²) in [7, 11) is 0. The van der Waals surface area contributed by atoms with Gasteiger partial charge in [0.15, 0.2) is 0 Å². The summed E-state index contributed by atoms with van der Waals surface area (Å²) in [4.78, 5) is 0. The number of halogens is 1. The van der Waals surface area contributed by atoms with Gasteiger partial charge in [-0.15, -0.1) is 15.8 Å². The zero-order valence-electron chi connectivity index (χ0n) is 5.96. The van der Waals surface area contributed by atoms with Crippen LogP contribution in [0.15, 0.2) is 0 Å². The van der Waals surface area contributed by atoms with E-state index in [-0.39, 0.29) is 5.54 Å². The monoisotopic (exact) mass is 177 g/mol. The summed E-state index contributed by atoms with van der Waals surface area (Å²) in [5.41, 5.74) is 0.630. The number of rotatable bonds is 1. The van der Waals surface area contributed by atoms with Crippen LogP contribution in [0.2, 0.25) is 6.82 Å². The molecule has 0 bridgehead atoms. The molecule has 0 atom stereocenters. The van der Waals surface area contributed by atoms with Crippen molar-refractivity contribution in [2.75, 3.05) is 0 Å². The van der Waals surface area contributed by atoms with E-state index in [2.05, 4.69) is 48.6 Å². The van der Waals surface area contributed by atoms with Gasteiger partial charge in [0.25, 0.3) is 5.67 Å². The highest BCUT2D eigenvalue weighted by atomic mass is 79.9. The zero-order valence-corrected chi connectivity index (χ0v) is 7.54. The van der Waals surface area contributed by atoms with Gasteiger partial charge in [0.05, 0.1) is 0 Å². The predicted molar refractivity (Wildman–Crippen MR) is 43.4 cm³/mol. The third-order valence-electron chi connectivity index (χ3n) is 0.632. The van der Waals surface area contributed by atoms with Crippen LogP contribution in [-0.4, -0.2) is 11.2 Å². The summed E-state index contributed by atoms with van der Waals surface area (Å²) in [6, 6.07) is 0. The van der Waals surface area contributed by atoms with E-state index < -0.39 is 0 Å². The van der Waals surface area contributed by atoms with Gasteiger partial charge in [-0.25, -0.2) is 0 Å². The van der Waals surface area contributed by atoms with E-state index in [1.54, 1.807) is 0 Å². The van der Waals surface area contributed by atoms with Gasteiger partial charge in [-0.05, 0) is 20.8 Å². The molecule has 1 nitrogen and oxygen atoms in total. The second-order valence-electron chi connectivity index (χ2n) is 3.01. The highest BCUT2D eigenvalue weighted by Crippen LogP contribution is 2.01. The second-order valence-corrected chi connectivity index (χ2v) is 4.38. The normalized spacial score (nSPS) is 11.6.